The lowest BCUT2D eigenvalue weighted by molar-refractivity contribution is -0.118. The molecule has 2 heterocycles. The molecule has 2 aromatic carbocycles. The molecule has 5 rings (SSSR count). The van der Waals surface area contributed by atoms with Gasteiger partial charge in [-0.3, -0.25) is 10.1 Å². The minimum atomic E-state index is -0.531. The predicted octanol–water partition coefficient (Wildman–Crippen LogP) is 3.93. The third kappa shape index (κ3) is 3.49. The maximum atomic E-state index is 13.3. The third-order valence-electron chi connectivity index (χ3n) is 5.70. The summed E-state index contributed by atoms with van der Waals surface area (Å²) in [5.41, 5.74) is 9.92. The quantitative estimate of drug-likeness (QED) is 0.498. The monoisotopic (exact) mass is 411 g/mol. The molecule has 1 fully saturated rings. The van der Waals surface area contributed by atoms with Gasteiger partial charge in [0.15, 0.2) is 0 Å². The van der Waals surface area contributed by atoms with Gasteiger partial charge in [-0.15, -0.1) is 0 Å². The maximum Gasteiger partial charge on any atom is 0.241 e. The second-order valence-electron chi connectivity index (χ2n) is 7.64. The molecule has 0 radical (unpaired) electrons. The van der Waals surface area contributed by atoms with E-state index in [2.05, 4.69) is 20.4 Å². The van der Waals surface area contributed by atoms with Gasteiger partial charge in [-0.1, -0.05) is 53.7 Å². The van der Waals surface area contributed by atoms with Crippen LogP contribution in [0.5, 0.6) is 0 Å². The largest absolute Gasteiger partial charge is 0.337 e. The van der Waals surface area contributed by atoms with Crippen LogP contribution >= 0.6 is 0 Å². The molecular formula is C24H21N5O2. The molecule has 4 aromatic rings. The summed E-state index contributed by atoms with van der Waals surface area (Å²) in [6, 6.07) is 19.4. The van der Waals surface area contributed by atoms with Gasteiger partial charge in [0.05, 0.1) is 16.7 Å². The summed E-state index contributed by atoms with van der Waals surface area (Å²) in [5.74, 6) is 0.173. The van der Waals surface area contributed by atoms with Crippen LogP contribution < -0.4 is 11.1 Å². The summed E-state index contributed by atoms with van der Waals surface area (Å²) >= 11 is 0. The molecule has 0 spiro atoms. The van der Waals surface area contributed by atoms with E-state index in [0.717, 1.165) is 29.5 Å². The van der Waals surface area contributed by atoms with E-state index < -0.39 is 5.41 Å². The SMILES string of the molecule is NCc1cccc(-c2noc(NC(=O)C3(c4ccccc4)CC3)c2-c2ccncn2)c1. The summed E-state index contributed by atoms with van der Waals surface area (Å²) in [5, 5.41) is 7.25. The Morgan fingerprint density at radius 3 is 2.65 bits per heavy atom. The van der Waals surface area contributed by atoms with Crippen molar-refractivity contribution >= 4 is 11.8 Å². The smallest absolute Gasteiger partial charge is 0.241 e. The van der Waals surface area contributed by atoms with Crippen molar-refractivity contribution in [1.29, 1.82) is 0 Å². The van der Waals surface area contributed by atoms with E-state index in [0.29, 0.717) is 23.5 Å². The topological polar surface area (TPSA) is 107 Å². The number of hydrogen-bond donors (Lipinski definition) is 2. The third-order valence-corrected chi connectivity index (χ3v) is 5.70. The van der Waals surface area contributed by atoms with Crippen LogP contribution in [0.1, 0.15) is 24.0 Å². The van der Waals surface area contributed by atoms with Crippen LogP contribution in [-0.4, -0.2) is 21.0 Å². The van der Waals surface area contributed by atoms with Gasteiger partial charge in [0, 0.05) is 18.3 Å². The van der Waals surface area contributed by atoms with E-state index in [1.165, 1.54) is 6.33 Å². The van der Waals surface area contributed by atoms with E-state index in [-0.39, 0.29) is 11.8 Å². The first kappa shape index (κ1) is 19.1. The summed E-state index contributed by atoms with van der Waals surface area (Å²) < 4.78 is 5.63. The van der Waals surface area contributed by atoms with Crippen molar-refractivity contribution in [3.05, 3.63) is 84.3 Å². The first-order valence-electron chi connectivity index (χ1n) is 10.1. The van der Waals surface area contributed by atoms with Gasteiger partial charge in [-0.2, -0.15) is 0 Å². The molecule has 1 amide bonds. The molecule has 31 heavy (non-hydrogen) atoms. The van der Waals surface area contributed by atoms with Gasteiger partial charge in [0.2, 0.25) is 11.8 Å². The molecule has 7 heteroatoms. The van der Waals surface area contributed by atoms with Crippen LogP contribution in [0.3, 0.4) is 0 Å². The normalized spacial score (nSPS) is 14.2. The standard InChI is InChI=1S/C24H21N5O2/c25-14-16-5-4-6-17(13-16)21-20(19-9-12-26-15-27-19)22(31-29-21)28-23(30)24(10-11-24)18-7-2-1-3-8-18/h1-9,12-13,15H,10-11,14,25H2,(H,28,30). The molecule has 1 saturated carbocycles. The van der Waals surface area contributed by atoms with Crippen LogP contribution in [0.4, 0.5) is 5.88 Å². The Kier molecular flexibility index (Phi) is 4.80. The second-order valence-corrected chi connectivity index (χ2v) is 7.64. The number of rotatable bonds is 6. The average Bonchev–Trinajstić information content (AvgIpc) is 3.55. The zero-order valence-electron chi connectivity index (χ0n) is 16.8. The fourth-order valence-electron chi connectivity index (χ4n) is 3.85. The lowest BCUT2D eigenvalue weighted by Gasteiger charge is -2.15. The van der Waals surface area contributed by atoms with Crippen molar-refractivity contribution in [2.75, 3.05) is 5.32 Å². The highest BCUT2D eigenvalue weighted by atomic mass is 16.5. The summed E-state index contributed by atoms with van der Waals surface area (Å²) in [7, 11) is 0. The zero-order chi connectivity index (χ0) is 21.3. The number of nitrogens with one attached hydrogen (secondary N) is 1. The molecule has 0 aliphatic heterocycles. The molecule has 0 unspecified atom stereocenters. The van der Waals surface area contributed by atoms with Crippen molar-refractivity contribution in [2.45, 2.75) is 24.8 Å². The van der Waals surface area contributed by atoms with Gasteiger partial charge in [-0.25, -0.2) is 9.97 Å². The number of nitrogens with zero attached hydrogens (tertiary/aromatic N) is 3. The van der Waals surface area contributed by atoms with Crippen molar-refractivity contribution < 1.29 is 9.32 Å². The highest BCUT2D eigenvalue weighted by Crippen LogP contribution is 2.49. The highest BCUT2D eigenvalue weighted by molar-refractivity contribution is 6.03. The van der Waals surface area contributed by atoms with E-state index in [1.807, 2.05) is 54.6 Å². The minimum Gasteiger partial charge on any atom is -0.337 e. The van der Waals surface area contributed by atoms with Gasteiger partial charge in [0.1, 0.15) is 12.0 Å². The first-order chi connectivity index (χ1) is 15.2. The maximum absolute atomic E-state index is 13.3. The molecule has 0 bridgehead atoms. The Balaban J connectivity index is 1.55. The molecule has 0 atom stereocenters. The second kappa shape index (κ2) is 7.77. The number of carbonyl (C=O) groups is 1. The van der Waals surface area contributed by atoms with E-state index in [1.54, 1.807) is 12.3 Å². The summed E-state index contributed by atoms with van der Waals surface area (Å²) in [6.45, 7) is 0.414. The number of hydrogen-bond acceptors (Lipinski definition) is 6. The number of nitrogens with two attached hydrogens (primary N) is 1. The molecule has 3 N–H and O–H groups in total. The van der Waals surface area contributed by atoms with Crippen LogP contribution in [0, 0.1) is 0 Å². The molecule has 154 valence electrons. The van der Waals surface area contributed by atoms with Gasteiger partial charge in [-0.05, 0) is 36.1 Å². The Bertz CT molecular complexity index is 1220. The van der Waals surface area contributed by atoms with Crippen LogP contribution in [0.2, 0.25) is 0 Å². The van der Waals surface area contributed by atoms with E-state index in [9.17, 15) is 4.79 Å². The average molecular weight is 411 g/mol. The molecular weight excluding hydrogens is 390 g/mol. The van der Waals surface area contributed by atoms with Gasteiger partial charge in [0.25, 0.3) is 0 Å². The summed E-state index contributed by atoms with van der Waals surface area (Å²) in [6.07, 6.45) is 4.70. The number of carbonyl (C=O) groups excluding carboxylic acids is 1. The van der Waals surface area contributed by atoms with Crippen molar-refractivity contribution in [2.24, 2.45) is 5.73 Å². The van der Waals surface area contributed by atoms with E-state index >= 15 is 0 Å². The van der Waals surface area contributed by atoms with E-state index in [4.69, 9.17) is 10.3 Å². The van der Waals surface area contributed by atoms with Gasteiger partial charge < -0.3 is 10.3 Å². The predicted molar refractivity (Wildman–Crippen MR) is 117 cm³/mol. The molecule has 0 saturated heterocycles. The van der Waals surface area contributed by atoms with Crippen molar-refractivity contribution in [3.8, 4) is 22.5 Å². The van der Waals surface area contributed by atoms with Crippen molar-refractivity contribution in [3.63, 3.8) is 0 Å². The van der Waals surface area contributed by atoms with Gasteiger partial charge >= 0.3 is 0 Å². The Morgan fingerprint density at radius 1 is 1.10 bits per heavy atom. The van der Waals surface area contributed by atoms with Crippen LogP contribution in [-0.2, 0) is 16.8 Å². The highest BCUT2D eigenvalue weighted by Gasteiger charge is 2.51. The molecule has 1 aliphatic rings. The summed E-state index contributed by atoms with van der Waals surface area (Å²) in [4.78, 5) is 21.6. The lowest BCUT2D eigenvalue weighted by atomic mass is 9.95. The zero-order valence-corrected chi connectivity index (χ0v) is 16.8. The molecule has 1 aliphatic carbocycles. The Morgan fingerprint density at radius 2 is 1.94 bits per heavy atom. The number of aromatic nitrogens is 3. The minimum absolute atomic E-state index is 0.104. The number of amides is 1. The first-order valence-corrected chi connectivity index (χ1v) is 10.1. The van der Waals surface area contributed by atoms with Crippen molar-refractivity contribution in [1.82, 2.24) is 15.1 Å². The number of anilines is 1. The van der Waals surface area contributed by atoms with Crippen LogP contribution in [0.25, 0.3) is 22.5 Å². The molecule has 7 nitrogen and oxygen atoms in total. The fraction of sp³-hybridized carbons (Fsp3) is 0.167. The molecule has 2 aromatic heterocycles. The number of benzene rings is 2. The van der Waals surface area contributed by atoms with Crippen LogP contribution in [0.15, 0.2) is 77.7 Å². The lowest BCUT2D eigenvalue weighted by Crippen LogP contribution is -2.27. The fourth-order valence-corrected chi connectivity index (χ4v) is 3.85. The Labute approximate surface area is 179 Å². The Hall–Kier alpha value is -3.84.